The molecule has 0 aliphatic carbocycles. The first-order valence-corrected chi connectivity index (χ1v) is 5.64. The van der Waals surface area contributed by atoms with Gasteiger partial charge in [0, 0.05) is 24.4 Å². The van der Waals surface area contributed by atoms with Crippen LogP contribution in [-0.2, 0) is 4.74 Å². The summed E-state index contributed by atoms with van der Waals surface area (Å²) in [5, 5.41) is 13.8. The predicted octanol–water partition coefficient (Wildman–Crippen LogP) is 1.72. The van der Waals surface area contributed by atoms with Crippen molar-refractivity contribution in [3.8, 4) is 0 Å². The topological polar surface area (TPSA) is 102 Å². The number of non-ortho nitro benzene ring substituents is 1. The van der Waals surface area contributed by atoms with Gasteiger partial charge in [-0.2, -0.15) is 0 Å². The Kier molecular flexibility index (Phi) is 5.34. The number of benzene rings is 1. The molecule has 7 heteroatoms. The number of nitrogens with two attached hydrogens (primary N) is 1. The van der Waals surface area contributed by atoms with Gasteiger partial charge in [0.05, 0.1) is 23.3 Å². The Labute approximate surface area is 105 Å². The molecule has 0 bridgehead atoms. The quantitative estimate of drug-likeness (QED) is 0.296. The fourth-order valence-electron chi connectivity index (χ4n) is 1.39. The van der Waals surface area contributed by atoms with E-state index in [0.29, 0.717) is 24.5 Å². The summed E-state index contributed by atoms with van der Waals surface area (Å²) >= 11 is 0. The van der Waals surface area contributed by atoms with Gasteiger partial charge in [-0.1, -0.05) is 0 Å². The molecule has 1 rings (SSSR count). The van der Waals surface area contributed by atoms with Gasteiger partial charge in [0.1, 0.15) is 0 Å². The van der Waals surface area contributed by atoms with Gasteiger partial charge in [-0.25, -0.2) is 0 Å². The Morgan fingerprint density at radius 2 is 2.06 bits per heavy atom. The lowest BCUT2D eigenvalue weighted by Crippen LogP contribution is -2.14. The summed E-state index contributed by atoms with van der Waals surface area (Å²) in [6.45, 7) is 5.00. The van der Waals surface area contributed by atoms with Crippen LogP contribution in [-0.4, -0.2) is 24.2 Å². The van der Waals surface area contributed by atoms with Crippen LogP contribution in [0.5, 0.6) is 0 Å². The standard InChI is InChI=1S/C11H18N4O3/c1-8(2)18-4-3-13-9-5-10(14-12)7-11(6-9)15(16)17/h5-8,13-14H,3-4,12H2,1-2H3. The maximum atomic E-state index is 10.7. The number of nitrogen functional groups attached to an aromatic ring is 1. The van der Waals surface area contributed by atoms with Gasteiger partial charge in [0.15, 0.2) is 0 Å². The Hall–Kier alpha value is -1.86. The maximum Gasteiger partial charge on any atom is 0.273 e. The normalized spacial score (nSPS) is 10.4. The third-order valence-electron chi connectivity index (χ3n) is 2.18. The van der Waals surface area contributed by atoms with E-state index in [2.05, 4.69) is 10.7 Å². The molecule has 0 saturated heterocycles. The first-order valence-electron chi connectivity index (χ1n) is 5.64. The van der Waals surface area contributed by atoms with Gasteiger partial charge >= 0.3 is 0 Å². The van der Waals surface area contributed by atoms with Crippen LogP contribution in [0.4, 0.5) is 17.1 Å². The largest absolute Gasteiger partial charge is 0.382 e. The molecule has 1 aromatic carbocycles. The summed E-state index contributed by atoms with van der Waals surface area (Å²) in [4.78, 5) is 10.3. The number of hydrogen-bond acceptors (Lipinski definition) is 6. The highest BCUT2D eigenvalue weighted by molar-refractivity contribution is 5.63. The second kappa shape index (κ2) is 6.77. The van der Waals surface area contributed by atoms with E-state index in [0.717, 1.165) is 0 Å². The molecule has 0 aliphatic rings. The minimum absolute atomic E-state index is 0.0160. The van der Waals surface area contributed by atoms with Crippen LogP contribution in [0.2, 0.25) is 0 Å². The number of ether oxygens (including phenoxy) is 1. The molecule has 18 heavy (non-hydrogen) atoms. The number of nitro groups is 1. The van der Waals surface area contributed by atoms with Crippen molar-refractivity contribution in [3.63, 3.8) is 0 Å². The molecular weight excluding hydrogens is 236 g/mol. The molecule has 0 atom stereocenters. The molecule has 0 radical (unpaired) electrons. The predicted molar refractivity (Wildman–Crippen MR) is 70.5 cm³/mol. The molecule has 0 aliphatic heterocycles. The molecular formula is C11H18N4O3. The lowest BCUT2D eigenvalue weighted by atomic mass is 10.2. The number of anilines is 2. The summed E-state index contributed by atoms with van der Waals surface area (Å²) in [5.41, 5.74) is 3.49. The molecule has 4 N–H and O–H groups in total. The summed E-state index contributed by atoms with van der Waals surface area (Å²) in [6, 6.07) is 4.52. The van der Waals surface area contributed by atoms with E-state index >= 15 is 0 Å². The number of hydrazine groups is 1. The van der Waals surface area contributed by atoms with Crippen molar-refractivity contribution in [3.05, 3.63) is 28.3 Å². The van der Waals surface area contributed by atoms with E-state index in [9.17, 15) is 10.1 Å². The number of hydrogen-bond donors (Lipinski definition) is 3. The molecule has 0 spiro atoms. The van der Waals surface area contributed by atoms with Crippen molar-refractivity contribution >= 4 is 17.1 Å². The second-order valence-electron chi connectivity index (χ2n) is 4.02. The fraction of sp³-hybridized carbons (Fsp3) is 0.455. The van der Waals surface area contributed by atoms with Crippen LogP contribution < -0.4 is 16.6 Å². The van der Waals surface area contributed by atoms with Crippen molar-refractivity contribution in [2.45, 2.75) is 20.0 Å². The summed E-state index contributed by atoms with van der Waals surface area (Å²) in [7, 11) is 0. The molecule has 0 amide bonds. The third kappa shape index (κ3) is 4.56. The molecule has 1 aromatic rings. The zero-order valence-corrected chi connectivity index (χ0v) is 10.5. The van der Waals surface area contributed by atoms with E-state index in [1.807, 2.05) is 13.8 Å². The van der Waals surface area contributed by atoms with Crippen LogP contribution in [0.15, 0.2) is 18.2 Å². The van der Waals surface area contributed by atoms with Crippen molar-refractivity contribution in [1.29, 1.82) is 0 Å². The van der Waals surface area contributed by atoms with Crippen molar-refractivity contribution in [2.24, 2.45) is 5.84 Å². The summed E-state index contributed by atoms with van der Waals surface area (Å²) in [5.74, 6) is 5.26. The van der Waals surface area contributed by atoms with Gasteiger partial charge in [0.25, 0.3) is 5.69 Å². The van der Waals surface area contributed by atoms with E-state index in [1.54, 1.807) is 6.07 Å². The van der Waals surface area contributed by atoms with Crippen LogP contribution in [0.3, 0.4) is 0 Å². The zero-order chi connectivity index (χ0) is 13.5. The highest BCUT2D eigenvalue weighted by Gasteiger charge is 2.09. The Bertz CT molecular complexity index is 409. The van der Waals surface area contributed by atoms with Crippen molar-refractivity contribution in [1.82, 2.24) is 0 Å². The molecule has 0 unspecified atom stereocenters. The highest BCUT2D eigenvalue weighted by atomic mass is 16.6. The van der Waals surface area contributed by atoms with Gasteiger partial charge in [-0.05, 0) is 19.9 Å². The van der Waals surface area contributed by atoms with Crippen LogP contribution >= 0.6 is 0 Å². The van der Waals surface area contributed by atoms with E-state index in [-0.39, 0.29) is 11.8 Å². The SMILES string of the molecule is CC(C)OCCNc1cc(NN)cc([N+](=O)[O-])c1. The van der Waals surface area contributed by atoms with E-state index < -0.39 is 4.92 Å². The van der Waals surface area contributed by atoms with Gasteiger partial charge in [-0.15, -0.1) is 0 Å². The Balaban J connectivity index is 2.64. The fourth-order valence-corrected chi connectivity index (χ4v) is 1.39. The first kappa shape index (κ1) is 14.2. The smallest absolute Gasteiger partial charge is 0.273 e. The summed E-state index contributed by atoms with van der Waals surface area (Å²) < 4.78 is 5.36. The monoisotopic (exact) mass is 254 g/mol. The van der Waals surface area contributed by atoms with Crippen molar-refractivity contribution < 1.29 is 9.66 Å². The summed E-state index contributed by atoms with van der Waals surface area (Å²) in [6.07, 6.45) is 0.165. The van der Waals surface area contributed by atoms with E-state index in [1.165, 1.54) is 12.1 Å². The van der Waals surface area contributed by atoms with Crippen LogP contribution in [0.25, 0.3) is 0 Å². The lowest BCUT2D eigenvalue weighted by molar-refractivity contribution is -0.384. The average molecular weight is 254 g/mol. The Morgan fingerprint density at radius 3 is 2.61 bits per heavy atom. The molecule has 0 saturated carbocycles. The second-order valence-corrected chi connectivity index (χ2v) is 4.02. The average Bonchev–Trinajstić information content (AvgIpc) is 2.34. The minimum Gasteiger partial charge on any atom is -0.382 e. The molecule has 0 fully saturated rings. The highest BCUT2D eigenvalue weighted by Crippen LogP contribution is 2.23. The maximum absolute atomic E-state index is 10.7. The van der Waals surface area contributed by atoms with Gasteiger partial charge < -0.3 is 15.5 Å². The zero-order valence-electron chi connectivity index (χ0n) is 10.5. The first-order chi connectivity index (χ1) is 8.52. The number of nitrogens with one attached hydrogen (secondary N) is 2. The van der Waals surface area contributed by atoms with Crippen molar-refractivity contribution in [2.75, 3.05) is 23.9 Å². The lowest BCUT2D eigenvalue weighted by Gasteiger charge is -2.10. The van der Waals surface area contributed by atoms with Crippen LogP contribution in [0.1, 0.15) is 13.8 Å². The number of rotatable bonds is 7. The molecule has 100 valence electrons. The Morgan fingerprint density at radius 1 is 1.39 bits per heavy atom. The number of nitrogens with zero attached hydrogens (tertiary/aromatic N) is 1. The number of nitro benzene ring substituents is 1. The molecule has 7 nitrogen and oxygen atoms in total. The van der Waals surface area contributed by atoms with Gasteiger partial charge in [-0.3, -0.25) is 16.0 Å². The van der Waals surface area contributed by atoms with E-state index in [4.69, 9.17) is 10.6 Å². The van der Waals surface area contributed by atoms with Gasteiger partial charge in [0.2, 0.25) is 0 Å². The minimum atomic E-state index is -0.462. The molecule has 0 aromatic heterocycles. The molecule has 0 heterocycles. The van der Waals surface area contributed by atoms with Crippen LogP contribution in [0, 0.1) is 10.1 Å². The third-order valence-corrected chi connectivity index (χ3v) is 2.18.